The number of carbonyl (C=O) groups excluding carboxylic acids is 1. The van der Waals surface area contributed by atoms with E-state index in [-0.39, 0.29) is 5.91 Å². The Balaban J connectivity index is 2.21. The molecular formula is C15H13N3O. The van der Waals surface area contributed by atoms with E-state index >= 15 is 0 Å². The van der Waals surface area contributed by atoms with Gasteiger partial charge in [0.25, 0.3) is 5.91 Å². The smallest absolute Gasteiger partial charge is 0.256 e. The number of nitriles is 1. The number of hydrogen-bond donors (Lipinski definition) is 1. The SMILES string of the molecule is Cc1nccc(C(=O)Nc2ccc(C#N)cc2)c1C. The van der Waals surface area contributed by atoms with Crippen LogP contribution in [0.1, 0.15) is 27.2 Å². The number of carbonyl (C=O) groups is 1. The number of rotatable bonds is 2. The van der Waals surface area contributed by atoms with Crippen molar-refractivity contribution in [2.75, 3.05) is 5.32 Å². The van der Waals surface area contributed by atoms with E-state index in [2.05, 4.69) is 10.3 Å². The molecule has 2 aromatic rings. The second-order valence-electron chi connectivity index (χ2n) is 4.21. The van der Waals surface area contributed by atoms with E-state index < -0.39 is 0 Å². The third-order valence-corrected chi connectivity index (χ3v) is 2.97. The lowest BCUT2D eigenvalue weighted by Crippen LogP contribution is -2.14. The van der Waals surface area contributed by atoms with Crippen LogP contribution in [0.15, 0.2) is 36.5 Å². The first kappa shape index (κ1) is 12.8. The molecule has 1 heterocycles. The second kappa shape index (κ2) is 5.32. The van der Waals surface area contributed by atoms with Crippen LogP contribution in [-0.2, 0) is 0 Å². The summed E-state index contributed by atoms with van der Waals surface area (Å²) in [5.74, 6) is -0.173. The molecule has 0 aliphatic carbocycles. The Labute approximate surface area is 111 Å². The molecule has 1 aromatic heterocycles. The molecule has 0 radical (unpaired) electrons. The standard InChI is InChI=1S/C15H13N3O/c1-10-11(2)17-8-7-14(10)15(19)18-13-5-3-12(9-16)4-6-13/h3-8H,1-2H3,(H,18,19). The summed E-state index contributed by atoms with van der Waals surface area (Å²) in [7, 11) is 0. The van der Waals surface area contributed by atoms with Crippen LogP contribution in [0, 0.1) is 25.2 Å². The zero-order valence-electron chi connectivity index (χ0n) is 10.8. The molecule has 4 heteroatoms. The Morgan fingerprint density at radius 1 is 1.21 bits per heavy atom. The van der Waals surface area contributed by atoms with Gasteiger partial charge in [0.1, 0.15) is 0 Å². The molecular weight excluding hydrogens is 238 g/mol. The van der Waals surface area contributed by atoms with Crippen LogP contribution in [0.5, 0.6) is 0 Å². The van der Waals surface area contributed by atoms with Gasteiger partial charge in [0, 0.05) is 23.1 Å². The predicted molar refractivity (Wildman–Crippen MR) is 72.8 cm³/mol. The summed E-state index contributed by atoms with van der Waals surface area (Å²) in [4.78, 5) is 16.3. The molecule has 4 nitrogen and oxygen atoms in total. The highest BCUT2D eigenvalue weighted by Crippen LogP contribution is 2.14. The van der Waals surface area contributed by atoms with Gasteiger partial charge in [-0.3, -0.25) is 9.78 Å². The Hall–Kier alpha value is -2.67. The largest absolute Gasteiger partial charge is 0.322 e. The molecule has 0 saturated carbocycles. The lowest BCUT2D eigenvalue weighted by atomic mass is 10.1. The van der Waals surface area contributed by atoms with Gasteiger partial charge in [-0.1, -0.05) is 0 Å². The molecule has 2 rings (SSSR count). The fourth-order valence-corrected chi connectivity index (χ4v) is 1.71. The number of nitrogens with one attached hydrogen (secondary N) is 1. The van der Waals surface area contributed by atoms with E-state index in [1.165, 1.54) is 0 Å². The number of aromatic nitrogens is 1. The molecule has 94 valence electrons. The van der Waals surface area contributed by atoms with Crippen molar-refractivity contribution < 1.29 is 4.79 Å². The van der Waals surface area contributed by atoms with E-state index in [9.17, 15) is 4.79 Å². The highest BCUT2D eigenvalue weighted by Gasteiger charge is 2.10. The van der Waals surface area contributed by atoms with Gasteiger partial charge in [-0.2, -0.15) is 5.26 Å². The number of pyridine rings is 1. The van der Waals surface area contributed by atoms with E-state index in [1.54, 1.807) is 36.5 Å². The Morgan fingerprint density at radius 3 is 2.53 bits per heavy atom. The maximum Gasteiger partial charge on any atom is 0.256 e. The molecule has 0 atom stereocenters. The summed E-state index contributed by atoms with van der Waals surface area (Å²) in [5.41, 5.74) is 3.55. The van der Waals surface area contributed by atoms with Crippen LogP contribution in [0.4, 0.5) is 5.69 Å². The van der Waals surface area contributed by atoms with Crippen molar-refractivity contribution in [3.63, 3.8) is 0 Å². The van der Waals surface area contributed by atoms with Crippen molar-refractivity contribution in [3.05, 3.63) is 58.9 Å². The van der Waals surface area contributed by atoms with Crippen LogP contribution in [0.2, 0.25) is 0 Å². The van der Waals surface area contributed by atoms with Crippen LogP contribution >= 0.6 is 0 Å². The number of aryl methyl sites for hydroxylation is 1. The third-order valence-electron chi connectivity index (χ3n) is 2.97. The zero-order chi connectivity index (χ0) is 13.8. The van der Waals surface area contributed by atoms with Crippen LogP contribution in [0.25, 0.3) is 0 Å². The quantitative estimate of drug-likeness (QED) is 0.892. The van der Waals surface area contributed by atoms with Gasteiger partial charge in [-0.25, -0.2) is 0 Å². The van der Waals surface area contributed by atoms with Gasteiger partial charge < -0.3 is 5.32 Å². The average Bonchev–Trinajstić information content (AvgIpc) is 2.42. The van der Waals surface area contributed by atoms with Gasteiger partial charge in [0.05, 0.1) is 11.6 Å². The van der Waals surface area contributed by atoms with Gasteiger partial charge >= 0.3 is 0 Å². The molecule has 19 heavy (non-hydrogen) atoms. The molecule has 0 spiro atoms. The number of anilines is 1. The molecule has 0 aliphatic heterocycles. The van der Waals surface area contributed by atoms with E-state index in [1.807, 2.05) is 19.9 Å². The lowest BCUT2D eigenvalue weighted by Gasteiger charge is -2.08. The second-order valence-corrected chi connectivity index (χ2v) is 4.21. The third kappa shape index (κ3) is 2.78. The molecule has 0 aliphatic rings. The summed E-state index contributed by atoms with van der Waals surface area (Å²) < 4.78 is 0. The molecule has 1 aromatic carbocycles. The first-order valence-corrected chi connectivity index (χ1v) is 5.85. The molecule has 0 fully saturated rings. The van der Waals surface area contributed by atoms with Gasteiger partial charge in [-0.05, 0) is 49.7 Å². The molecule has 0 bridgehead atoms. The van der Waals surface area contributed by atoms with Crippen LogP contribution in [-0.4, -0.2) is 10.9 Å². The van der Waals surface area contributed by atoms with Crippen molar-refractivity contribution in [2.24, 2.45) is 0 Å². The number of nitrogens with zero attached hydrogens (tertiary/aromatic N) is 2. The lowest BCUT2D eigenvalue weighted by molar-refractivity contribution is 0.102. The monoisotopic (exact) mass is 251 g/mol. The Morgan fingerprint density at radius 2 is 1.89 bits per heavy atom. The summed E-state index contributed by atoms with van der Waals surface area (Å²) in [6, 6.07) is 10.5. The summed E-state index contributed by atoms with van der Waals surface area (Å²) in [6.45, 7) is 3.74. The van der Waals surface area contributed by atoms with Crippen molar-refractivity contribution >= 4 is 11.6 Å². The van der Waals surface area contributed by atoms with Crippen LogP contribution < -0.4 is 5.32 Å². The number of amides is 1. The topological polar surface area (TPSA) is 65.8 Å². The maximum atomic E-state index is 12.1. The van der Waals surface area contributed by atoms with E-state index in [0.717, 1.165) is 11.3 Å². The highest BCUT2D eigenvalue weighted by molar-refractivity contribution is 6.05. The van der Waals surface area contributed by atoms with E-state index in [4.69, 9.17) is 5.26 Å². The fourth-order valence-electron chi connectivity index (χ4n) is 1.71. The van der Waals surface area contributed by atoms with Gasteiger partial charge in [0.15, 0.2) is 0 Å². The minimum Gasteiger partial charge on any atom is -0.322 e. The normalized spacial score (nSPS) is 9.74. The summed E-state index contributed by atoms with van der Waals surface area (Å²) in [6.07, 6.45) is 1.62. The first-order valence-electron chi connectivity index (χ1n) is 5.85. The number of hydrogen-bond acceptors (Lipinski definition) is 3. The minimum atomic E-state index is -0.173. The fraction of sp³-hybridized carbons (Fsp3) is 0.133. The van der Waals surface area contributed by atoms with Crippen LogP contribution in [0.3, 0.4) is 0 Å². The molecule has 0 saturated heterocycles. The summed E-state index contributed by atoms with van der Waals surface area (Å²) in [5, 5.41) is 11.5. The van der Waals surface area contributed by atoms with Crippen molar-refractivity contribution in [3.8, 4) is 6.07 Å². The van der Waals surface area contributed by atoms with Crippen molar-refractivity contribution in [2.45, 2.75) is 13.8 Å². The Kier molecular flexibility index (Phi) is 3.58. The minimum absolute atomic E-state index is 0.173. The van der Waals surface area contributed by atoms with Gasteiger partial charge in [-0.15, -0.1) is 0 Å². The zero-order valence-corrected chi connectivity index (χ0v) is 10.8. The molecule has 1 amide bonds. The summed E-state index contributed by atoms with van der Waals surface area (Å²) >= 11 is 0. The first-order chi connectivity index (χ1) is 9.11. The predicted octanol–water partition coefficient (Wildman–Crippen LogP) is 2.82. The van der Waals surface area contributed by atoms with Crippen molar-refractivity contribution in [1.29, 1.82) is 5.26 Å². The molecule has 0 unspecified atom stereocenters. The average molecular weight is 251 g/mol. The molecule has 1 N–H and O–H groups in total. The Bertz CT molecular complexity index is 654. The maximum absolute atomic E-state index is 12.1. The van der Waals surface area contributed by atoms with Crippen molar-refractivity contribution in [1.82, 2.24) is 4.98 Å². The van der Waals surface area contributed by atoms with Gasteiger partial charge in [0.2, 0.25) is 0 Å². The van der Waals surface area contributed by atoms with E-state index in [0.29, 0.717) is 16.8 Å². The number of benzene rings is 1. The highest BCUT2D eigenvalue weighted by atomic mass is 16.1.